The second-order valence-corrected chi connectivity index (χ2v) is 8.42. The molecule has 0 aromatic rings. The number of rotatable bonds is 4. The molecule has 0 radical (unpaired) electrons. The van der Waals surface area contributed by atoms with Crippen LogP contribution in [0, 0.1) is 0 Å². The molecule has 0 aliphatic rings. The average Bonchev–Trinajstić information content (AvgIpc) is 1.83. The van der Waals surface area contributed by atoms with Crippen LogP contribution in [-0.4, -0.2) is 44.9 Å². The Hall–Kier alpha value is 0.802. The summed E-state index contributed by atoms with van der Waals surface area (Å²) in [5.74, 6) is 0. The minimum atomic E-state index is -2.41. The summed E-state index contributed by atoms with van der Waals surface area (Å²) < 4.78 is 15.0. The molecule has 0 saturated carbocycles. The quantitative estimate of drug-likeness (QED) is 0.685. The molecule has 0 N–H and O–H groups in total. The summed E-state index contributed by atoms with van der Waals surface area (Å²) in [5.41, 5.74) is 0. The van der Waals surface area contributed by atoms with Crippen LogP contribution >= 0.6 is 0 Å². The molecule has 0 aromatic carbocycles. The van der Waals surface area contributed by atoms with Crippen molar-refractivity contribution in [1.29, 1.82) is 0 Å². The Bertz CT molecular complexity index is 46.5. The van der Waals surface area contributed by atoms with E-state index in [1.807, 2.05) is 6.92 Å². The van der Waals surface area contributed by atoms with Crippen LogP contribution in [0.25, 0.3) is 0 Å². The fraction of sp³-hybridized carbons (Fsp3) is 1.00. The Balaban J connectivity index is 3.07. The predicted octanol–water partition coefficient (Wildman–Crippen LogP) is 0.0329. The van der Waals surface area contributed by atoms with Gasteiger partial charge in [0, 0.05) is 0 Å². The van der Waals surface area contributed by atoms with E-state index in [9.17, 15) is 0 Å². The SMILES string of the molecule is CC[O][PbH]([O]C)[O]C. The second kappa shape index (κ2) is 5.93. The van der Waals surface area contributed by atoms with Gasteiger partial charge in [-0.2, -0.15) is 0 Å². The Morgan fingerprint density at radius 1 is 1.25 bits per heavy atom. The molecule has 0 amide bonds. The molecule has 0 rings (SSSR count). The molecular weight excluding hydrogens is 303 g/mol. The summed E-state index contributed by atoms with van der Waals surface area (Å²) in [4.78, 5) is 0. The predicted molar refractivity (Wildman–Crippen MR) is 32.8 cm³/mol. The average molecular weight is 315 g/mol. The monoisotopic (exact) mass is 316 g/mol. The molecule has 0 bridgehead atoms. The van der Waals surface area contributed by atoms with E-state index in [1.165, 1.54) is 0 Å². The van der Waals surface area contributed by atoms with Crippen molar-refractivity contribution in [2.24, 2.45) is 0 Å². The number of hydrogen-bond donors (Lipinski definition) is 0. The van der Waals surface area contributed by atoms with Crippen molar-refractivity contribution < 1.29 is 8.06 Å². The van der Waals surface area contributed by atoms with Crippen LogP contribution in [0.2, 0.25) is 0 Å². The maximum absolute atomic E-state index is 5.12. The fourth-order valence-corrected chi connectivity index (χ4v) is 3.23. The van der Waals surface area contributed by atoms with Crippen LogP contribution in [0.1, 0.15) is 6.92 Å². The summed E-state index contributed by atoms with van der Waals surface area (Å²) in [6.45, 7) is 2.64. The first-order valence-corrected chi connectivity index (χ1v) is 8.02. The third kappa shape index (κ3) is 3.76. The first kappa shape index (κ1) is 8.80. The van der Waals surface area contributed by atoms with Gasteiger partial charge in [0.15, 0.2) is 0 Å². The van der Waals surface area contributed by atoms with Gasteiger partial charge in [0.05, 0.1) is 0 Å². The first-order chi connectivity index (χ1) is 3.85. The van der Waals surface area contributed by atoms with Crippen molar-refractivity contribution in [1.82, 2.24) is 0 Å². The molecule has 0 fully saturated rings. The zero-order chi connectivity index (χ0) is 6.41. The Labute approximate surface area is 60.0 Å². The van der Waals surface area contributed by atoms with Crippen molar-refractivity contribution in [3.63, 3.8) is 0 Å². The van der Waals surface area contributed by atoms with Crippen molar-refractivity contribution in [3.8, 4) is 0 Å². The van der Waals surface area contributed by atoms with E-state index in [0.717, 1.165) is 0 Å². The molecule has 0 spiro atoms. The Morgan fingerprint density at radius 3 is 1.88 bits per heavy atom. The zero-order valence-electron chi connectivity index (χ0n) is 5.51. The van der Waals surface area contributed by atoms with Gasteiger partial charge >= 0.3 is 59.9 Å². The first-order valence-electron chi connectivity index (χ1n) is 2.52. The van der Waals surface area contributed by atoms with Crippen molar-refractivity contribution in [3.05, 3.63) is 0 Å². The fourth-order valence-electron chi connectivity index (χ4n) is 0.368. The van der Waals surface area contributed by atoms with E-state index in [4.69, 9.17) is 8.06 Å². The molecule has 0 saturated heterocycles. The van der Waals surface area contributed by atoms with E-state index in [0.29, 0.717) is 6.61 Å². The summed E-state index contributed by atoms with van der Waals surface area (Å²) >= 11 is -2.41. The van der Waals surface area contributed by atoms with Gasteiger partial charge < -0.3 is 0 Å². The van der Waals surface area contributed by atoms with Crippen LogP contribution in [0.3, 0.4) is 0 Å². The zero-order valence-corrected chi connectivity index (χ0v) is 10.00. The van der Waals surface area contributed by atoms with E-state index in [-0.39, 0.29) is 0 Å². The molecule has 0 atom stereocenters. The van der Waals surface area contributed by atoms with Gasteiger partial charge in [-0.05, 0) is 0 Å². The van der Waals surface area contributed by atoms with Crippen LogP contribution in [0.15, 0.2) is 0 Å². The molecule has 0 aromatic heterocycles. The normalized spacial score (nSPS) is 10.5. The third-order valence-corrected chi connectivity index (χ3v) is 6.03. The van der Waals surface area contributed by atoms with Crippen LogP contribution in [0.5, 0.6) is 0 Å². The van der Waals surface area contributed by atoms with Gasteiger partial charge in [-0.15, -0.1) is 0 Å². The van der Waals surface area contributed by atoms with Gasteiger partial charge in [-0.3, -0.25) is 0 Å². The van der Waals surface area contributed by atoms with Gasteiger partial charge in [0.25, 0.3) is 0 Å². The van der Waals surface area contributed by atoms with E-state index in [2.05, 4.69) is 0 Å². The standard InChI is InChI=1S/C2H5O.2CH3O.Pb.H/c1-2-3;2*1-2;;/h2H2,1H3;2*1H3;;/q3*-1;+3;. The van der Waals surface area contributed by atoms with Gasteiger partial charge in [0.1, 0.15) is 0 Å². The molecule has 3 nitrogen and oxygen atoms in total. The van der Waals surface area contributed by atoms with Crippen molar-refractivity contribution >= 4 is 24.1 Å². The molecule has 4 heteroatoms. The van der Waals surface area contributed by atoms with E-state index < -0.39 is 24.1 Å². The molecule has 50 valence electrons. The van der Waals surface area contributed by atoms with E-state index in [1.54, 1.807) is 14.2 Å². The second-order valence-electron chi connectivity index (χ2n) is 1.22. The molecule has 8 heavy (non-hydrogen) atoms. The molecule has 0 aliphatic heterocycles. The van der Waals surface area contributed by atoms with Crippen LogP contribution in [-0.2, 0) is 8.06 Å². The molecular formula is C4H12O3Pb. The Kier molecular flexibility index (Phi) is 6.52. The third-order valence-electron chi connectivity index (χ3n) is 0.688. The topological polar surface area (TPSA) is 27.7 Å². The minimum absolute atomic E-state index is 0.702. The van der Waals surface area contributed by atoms with Crippen LogP contribution in [0.4, 0.5) is 0 Å². The van der Waals surface area contributed by atoms with Gasteiger partial charge in [-0.25, -0.2) is 0 Å². The van der Waals surface area contributed by atoms with Crippen molar-refractivity contribution in [2.75, 3.05) is 20.8 Å². The maximum atomic E-state index is 5.12. The van der Waals surface area contributed by atoms with Gasteiger partial charge in [0.2, 0.25) is 0 Å². The molecule has 0 unspecified atom stereocenters. The summed E-state index contributed by atoms with van der Waals surface area (Å²) in [5, 5.41) is 0. The summed E-state index contributed by atoms with van der Waals surface area (Å²) in [6, 6.07) is 0. The van der Waals surface area contributed by atoms with Crippen molar-refractivity contribution in [2.45, 2.75) is 6.92 Å². The Morgan fingerprint density at radius 2 is 1.75 bits per heavy atom. The molecule has 0 heterocycles. The van der Waals surface area contributed by atoms with Gasteiger partial charge in [-0.1, -0.05) is 0 Å². The number of hydrogen-bond acceptors (Lipinski definition) is 3. The van der Waals surface area contributed by atoms with Crippen LogP contribution < -0.4 is 0 Å². The molecule has 0 aliphatic carbocycles. The summed E-state index contributed by atoms with van der Waals surface area (Å²) in [7, 11) is 3.26. The summed E-state index contributed by atoms with van der Waals surface area (Å²) in [6.07, 6.45) is 0. The van der Waals surface area contributed by atoms with E-state index >= 15 is 0 Å².